The molecule has 5 unspecified atom stereocenters. The van der Waals surface area contributed by atoms with E-state index in [-0.39, 0.29) is 19.3 Å². The van der Waals surface area contributed by atoms with Crippen LogP contribution in [-0.2, 0) is 55.8 Å². The molecule has 0 saturated heterocycles. The summed E-state index contributed by atoms with van der Waals surface area (Å²) in [4.78, 5) is 58.8. The third-order valence-corrected chi connectivity index (χ3v) is 20.8. The Labute approximate surface area is 701 Å². The lowest BCUT2D eigenvalue weighted by Gasteiger charge is -2.21. The highest BCUT2D eigenvalue weighted by molar-refractivity contribution is 7.47. The van der Waals surface area contributed by atoms with Crippen LogP contribution < -0.4 is 0 Å². The van der Waals surface area contributed by atoms with Gasteiger partial charge in [-0.15, -0.1) is 0 Å². The highest BCUT2D eigenvalue weighted by Gasteiger charge is 2.29. The molecule has 0 aromatic carbocycles. The number of phosphoric ester groups is 2. The Balaban J connectivity index is 4.40. The van der Waals surface area contributed by atoms with E-state index in [0.29, 0.717) is 19.3 Å². The Kier molecular flexibility index (Phi) is 84.3. The van der Waals surface area contributed by atoms with Gasteiger partial charge in [0.15, 0.2) is 6.10 Å². The van der Waals surface area contributed by atoms with Gasteiger partial charge in [-0.2, -0.15) is 0 Å². The Morgan fingerprint density at radius 1 is 0.252 bits per heavy atom. The van der Waals surface area contributed by atoms with Crippen molar-refractivity contribution in [1.29, 1.82) is 0 Å². The largest absolute Gasteiger partial charge is 0.472 e. The number of rotatable bonds is 85. The predicted octanol–water partition coefficient (Wildman–Crippen LogP) is 27.9. The van der Waals surface area contributed by atoms with Gasteiger partial charge in [-0.3, -0.25) is 32.5 Å². The first-order valence-electron chi connectivity index (χ1n) is 45.4. The standard InChI is InChI=1S/C97H164O16P2/c1-4-7-10-13-16-19-22-25-27-29-31-33-35-37-39-41-43-44-45-46-48-50-51-53-55-57-59-61-63-66-68-71-74-77-80-83-95(100)107-86-92(98)87-109-114(103,104)110-88-93(99)89-111-115(105,106)112-91-94(113-97(102)85-82-79-76-73-70-65-24-21-18-15-12-9-6-3)90-108-96(101)84-81-78-75-72-69-67-64-62-60-58-56-54-52-49-47-42-40-38-36-34-32-30-28-26-23-20-17-14-11-8-5-2/h7-8,10-12,15-17,19-21,24-28,31-34,37-40,43-44,47,49,92-94,98-99H,4-6,9,13-14,18,22-23,29-30,35-36,41-42,45-46,48,50-91H2,1-3H3,(H,103,104)(H,105,106)/b10-7-,11-8-,15-12-,19-16-,20-17-,24-21-,27-25-,28-26-,33-31-,34-32-,39-37-,40-38-,44-43-,49-47-. The number of aliphatic hydroxyl groups excluding tert-OH is 2. The van der Waals surface area contributed by atoms with E-state index in [4.69, 9.17) is 32.3 Å². The molecular weight excluding hydrogens is 1480 g/mol. The summed E-state index contributed by atoms with van der Waals surface area (Å²) in [6.07, 6.45) is 114. The molecule has 16 nitrogen and oxygen atoms in total. The summed E-state index contributed by atoms with van der Waals surface area (Å²) in [7, 11) is -9.80. The van der Waals surface area contributed by atoms with Crippen molar-refractivity contribution in [3.05, 3.63) is 170 Å². The van der Waals surface area contributed by atoms with Crippen LogP contribution in [0.25, 0.3) is 0 Å². The first kappa shape index (κ1) is 110. The summed E-state index contributed by atoms with van der Waals surface area (Å²) in [6.45, 7) is 2.40. The molecule has 4 N–H and O–H groups in total. The van der Waals surface area contributed by atoms with Gasteiger partial charge in [-0.05, 0) is 148 Å². The van der Waals surface area contributed by atoms with Gasteiger partial charge in [0.25, 0.3) is 0 Å². The molecule has 115 heavy (non-hydrogen) atoms. The second-order valence-electron chi connectivity index (χ2n) is 30.0. The molecule has 0 spiro atoms. The maximum atomic E-state index is 13.0. The fraction of sp³-hybridized carbons (Fsp3) is 0.680. The van der Waals surface area contributed by atoms with Crippen LogP contribution in [0.4, 0.5) is 0 Å². The van der Waals surface area contributed by atoms with E-state index in [2.05, 4.69) is 191 Å². The number of hydrogen-bond donors (Lipinski definition) is 4. The van der Waals surface area contributed by atoms with Gasteiger partial charge in [-0.25, -0.2) is 9.13 Å². The molecule has 0 aromatic rings. The van der Waals surface area contributed by atoms with E-state index in [0.717, 1.165) is 180 Å². The van der Waals surface area contributed by atoms with Crippen molar-refractivity contribution in [3.8, 4) is 0 Å². The summed E-state index contributed by atoms with van der Waals surface area (Å²) in [5.41, 5.74) is 0. The molecule has 0 amide bonds. The average molecular weight is 1650 g/mol. The molecule has 0 aliphatic rings. The summed E-state index contributed by atoms with van der Waals surface area (Å²) in [6, 6.07) is 0. The first-order valence-corrected chi connectivity index (χ1v) is 48.4. The van der Waals surface area contributed by atoms with Crippen LogP contribution in [0.3, 0.4) is 0 Å². The molecule has 0 aromatic heterocycles. The van der Waals surface area contributed by atoms with Crippen LogP contribution in [0.15, 0.2) is 170 Å². The molecule has 0 fully saturated rings. The zero-order valence-electron chi connectivity index (χ0n) is 72.4. The lowest BCUT2D eigenvalue weighted by Crippen LogP contribution is -2.30. The zero-order valence-corrected chi connectivity index (χ0v) is 74.2. The average Bonchev–Trinajstić information content (AvgIpc) is 0.905. The molecule has 0 aliphatic carbocycles. The van der Waals surface area contributed by atoms with Gasteiger partial charge in [-0.1, -0.05) is 371 Å². The molecule has 0 heterocycles. The highest BCUT2D eigenvalue weighted by Crippen LogP contribution is 2.45. The molecule has 0 bridgehead atoms. The molecular formula is C97H164O16P2. The maximum Gasteiger partial charge on any atom is 0.472 e. The summed E-state index contributed by atoms with van der Waals surface area (Å²) >= 11 is 0. The van der Waals surface area contributed by atoms with Gasteiger partial charge in [0.1, 0.15) is 25.4 Å². The van der Waals surface area contributed by atoms with E-state index < -0.39 is 91.5 Å². The molecule has 0 aliphatic heterocycles. The molecule has 658 valence electrons. The molecule has 0 rings (SSSR count). The van der Waals surface area contributed by atoms with Crippen molar-refractivity contribution in [1.82, 2.24) is 0 Å². The van der Waals surface area contributed by atoms with E-state index >= 15 is 0 Å². The third kappa shape index (κ3) is 89.5. The van der Waals surface area contributed by atoms with E-state index in [1.165, 1.54) is 128 Å². The highest BCUT2D eigenvalue weighted by atomic mass is 31.2. The predicted molar refractivity (Wildman–Crippen MR) is 482 cm³/mol. The Morgan fingerprint density at radius 2 is 0.461 bits per heavy atom. The van der Waals surface area contributed by atoms with E-state index in [1.54, 1.807) is 0 Å². The van der Waals surface area contributed by atoms with Gasteiger partial charge < -0.3 is 34.2 Å². The Bertz CT molecular complexity index is 2770. The SMILES string of the molecule is CC/C=C\C/C=C\C/C=C\C/C=C\C/C=C\C/C=C\CCCCCCCCCCCCCCCCCCC(=O)OCC(O)COP(=O)(O)OCC(O)COP(=O)(O)OCC(COC(=O)CCCCCCCCCCCCCC/C=C\C/C=C\C/C=C\C/C=C\C/C=C\C/C=C\CC)OC(=O)CCCCCCC/C=C\C/C=C\CCC. The summed E-state index contributed by atoms with van der Waals surface area (Å²) in [5, 5.41) is 20.7. The van der Waals surface area contributed by atoms with Crippen molar-refractivity contribution in [3.63, 3.8) is 0 Å². The van der Waals surface area contributed by atoms with Crippen molar-refractivity contribution >= 4 is 33.6 Å². The van der Waals surface area contributed by atoms with Crippen molar-refractivity contribution in [2.24, 2.45) is 0 Å². The lowest BCUT2D eigenvalue weighted by molar-refractivity contribution is -0.161. The van der Waals surface area contributed by atoms with Gasteiger partial charge in [0, 0.05) is 19.3 Å². The number of unbranched alkanes of at least 4 members (excludes halogenated alkanes) is 34. The number of ether oxygens (including phenoxy) is 3. The smallest absolute Gasteiger partial charge is 0.463 e. The number of allylic oxidation sites excluding steroid dienone is 28. The molecule has 18 heteroatoms. The number of carbonyl (C=O) groups excluding carboxylic acids is 3. The topological polar surface area (TPSA) is 231 Å². The van der Waals surface area contributed by atoms with Gasteiger partial charge in [0.05, 0.1) is 26.4 Å². The first-order chi connectivity index (χ1) is 56.2. The minimum atomic E-state index is -4.94. The monoisotopic (exact) mass is 1650 g/mol. The van der Waals surface area contributed by atoms with Gasteiger partial charge >= 0.3 is 33.6 Å². The van der Waals surface area contributed by atoms with Crippen molar-refractivity contribution < 1.29 is 75.8 Å². The Hall–Kier alpha value is -5.09. The van der Waals surface area contributed by atoms with Crippen LogP contribution in [0.5, 0.6) is 0 Å². The molecule has 5 atom stereocenters. The number of aliphatic hydroxyl groups is 2. The van der Waals surface area contributed by atoms with Crippen LogP contribution >= 0.6 is 15.6 Å². The van der Waals surface area contributed by atoms with Crippen LogP contribution in [-0.4, -0.2) is 95.9 Å². The fourth-order valence-corrected chi connectivity index (χ4v) is 13.7. The number of hydrogen-bond acceptors (Lipinski definition) is 14. The maximum absolute atomic E-state index is 13.0. The molecule has 0 saturated carbocycles. The number of phosphoric acid groups is 2. The summed E-state index contributed by atoms with van der Waals surface area (Å²) in [5.74, 6) is -1.59. The summed E-state index contributed by atoms with van der Waals surface area (Å²) < 4.78 is 61.3. The van der Waals surface area contributed by atoms with Crippen LogP contribution in [0, 0.1) is 0 Å². The second kappa shape index (κ2) is 88.2. The fourth-order valence-electron chi connectivity index (χ4n) is 12.1. The quantitative estimate of drug-likeness (QED) is 0.0146. The minimum absolute atomic E-state index is 0.0853. The minimum Gasteiger partial charge on any atom is -0.463 e. The van der Waals surface area contributed by atoms with E-state index in [1.807, 2.05) is 0 Å². The third-order valence-electron chi connectivity index (χ3n) is 18.9. The van der Waals surface area contributed by atoms with Crippen molar-refractivity contribution in [2.75, 3.05) is 39.6 Å². The normalized spacial score (nSPS) is 14.6. The Morgan fingerprint density at radius 3 is 0.730 bits per heavy atom. The van der Waals surface area contributed by atoms with E-state index in [9.17, 15) is 43.5 Å². The van der Waals surface area contributed by atoms with Crippen LogP contribution in [0.1, 0.15) is 367 Å². The van der Waals surface area contributed by atoms with Crippen LogP contribution in [0.2, 0.25) is 0 Å². The number of carbonyl (C=O) groups is 3. The van der Waals surface area contributed by atoms with Crippen molar-refractivity contribution in [2.45, 2.75) is 386 Å². The lowest BCUT2D eigenvalue weighted by atomic mass is 10.0. The van der Waals surface area contributed by atoms with Gasteiger partial charge in [0.2, 0.25) is 0 Å². The number of esters is 3. The zero-order chi connectivity index (χ0) is 83.6. The molecule has 0 radical (unpaired) electrons. The second-order valence-corrected chi connectivity index (χ2v) is 32.9.